The molecule has 3 heterocycles. The maximum atomic E-state index is 12.8. The van der Waals surface area contributed by atoms with Crippen molar-refractivity contribution in [2.75, 3.05) is 32.8 Å². The summed E-state index contributed by atoms with van der Waals surface area (Å²) < 4.78 is 43.2. The number of aromatic nitrogens is 2. The largest absolute Gasteiger partial charge is 0.447 e. The summed E-state index contributed by atoms with van der Waals surface area (Å²) in [6.45, 7) is 2.95. The van der Waals surface area contributed by atoms with Crippen molar-refractivity contribution in [1.82, 2.24) is 25.1 Å². The molecule has 3 amide bonds. The molecule has 0 bridgehead atoms. The van der Waals surface area contributed by atoms with Crippen LogP contribution in [0.4, 0.5) is 22.8 Å². The molecule has 3 rings (SSSR count). The molecule has 2 aliphatic heterocycles. The Morgan fingerprint density at radius 2 is 2.15 bits per heavy atom. The minimum atomic E-state index is -4.54. The van der Waals surface area contributed by atoms with E-state index in [0.29, 0.717) is 19.6 Å². The van der Waals surface area contributed by atoms with E-state index < -0.39 is 11.9 Å². The molecule has 1 unspecified atom stereocenters. The summed E-state index contributed by atoms with van der Waals surface area (Å²) in [5.41, 5.74) is -0.774. The van der Waals surface area contributed by atoms with Crippen LogP contribution in [0.15, 0.2) is 6.07 Å². The molecule has 2 fully saturated rings. The van der Waals surface area contributed by atoms with Crippen LogP contribution < -0.4 is 5.32 Å². The number of alkyl halides is 3. The zero-order chi connectivity index (χ0) is 18.9. The first-order valence-electron chi connectivity index (χ1n) is 8.12. The van der Waals surface area contributed by atoms with E-state index in [0.717, 1.165) is 6.07 Å². The average Bonchev–Trinajstić information content (AvgIpc) is 2.94. The second-order valence-corrected chi connectivity index (χ2v) is 6.16. The smallest absolute Gasteiger partial charge is 0.433 e. The highest BCUT2D eigenvalue weighted by Crippen LogP contribution is 2.27. The van der Waals surface area contributed by atoms with Gasteiger partial charge in [-0.15, -0.1) is 0 Å². The molecule has 0 radical (unpaired) electrons. The van der Waals surface area contributed by atoms with Gasteiger partial charge in [-0.05, 0) is 13.0 Å². The Morgan fingerprint density at radius 1 is 1.38 bits per heavy atom. The minimum absolute atomic E-state index is 0.0252. The molecule has 0 spiro atoms. The van der Waals surface area contributed by atoms with Crippen molar-refractivity contribution in [3.63, 3.8) is 0 Å². The second-order valence-electron chi connectivity index (χ2n) is 6.16. The van der Waals surface area contributed by atoms with Crippen molar-refractivity contribution >= 4 is 12.1 Å². The topological polar surface area (TPSA) is 87.7 Å². The molecular weight excluding hydrogens is 355 g/mol. The van der Waals surface area contributed by atoms with Gasteiger partial charge in [-0.3, -0.25) is 4.90 Å². The van der Waals surface area contributed by atoms with Crippen LogP contribution in [0, 0.1) is 6.92 Å². The van der Waals surface area contributed by atoms with Crippen LogP contribution in [0.1, 0.15) is 17.2 Å². The molecule has 0 aliphatic carbocycles. The van der Waals surface area contributed by atoms with Crippen LogP contribution >= 0.6 is 0 Å². The summed E-state index contributed by atoms with van der Waals surface area (Å²) in [5, 5.41) is 2.65. The highest BCUT2D eigenvalue weighted by Gasteiger charge is 2.38. The number of cyclic esters (lactones) is 1. The molecular formula is C15H18F3N5O3. The summed E-state index contributed by atoms with van der Waals surface area (Å²) in [6, 6.07) is 0.385. The summed E-state index contributed by atoms with van der Waals surface area (Å²) in [5.74, 6) is 0.0252. The monoisotopic (exact) mass is 373 g/mol. The summed E-state index contributed by atoms with van der Waals surface area (Å²) in [6.07, 6.45) is -4.82. The van der Waals surface area contributed by atoms with Gasteiger partial charge in [0.15, 0.2) is 0 Å². The van der Waals surface area contributed by atoms with E-state index in [4.69, 9.17) is 4.74 Å². The first-order chi connectivity index (χ1) is 12.2. The molecule has 11 heteroatoms. The number of hydrogen-bond donors (Lipinski definition) is 1. The van der Waals surface area contributed by atoms with Crippen molar-refractivity contribution < 1.29 is 27.5 Å². The molecule has 1 atom stereocenters. The first kappa shape index (κ1) is 18.2. The zero-order valence-corrected chi connectivity index (χ0v) is 14.0. The lowest BCUT2D eigenvalue weighted by molar-refractivity contribution is -0.141. The molecule has 1 N–H and O–H groups in total. The summed E-state index contributed by atoms with van der Waals surface area (Å²) >= 11 is 0. The van der Waals surface area contributed by atoms with Crippen LogP contribution in [0.2, 0.25) is 0 Å². The molecule has 2 aliphatic rings. The van der Waals surface area contributed by atoms with Gasteiger partial charge in [0, 0.05) is 38.3 Å². The molecule has 0 aromatic carbocycles. The highest BCUT2D eigenvalue weighted by atomic mass is 19.4. The van der Waals surface area contributed by atoms with Crippen molar-refractivity contribution in [3.05, 3.63) is 23.3 Å². The van der Waals surface area contributed by atoms with Crippen LogP contribution in [-0.4, -0.2) is 70.7 Å². The van der Waals surface area contributed by atoms with Gasteiger partial charge < -0.3 is 15.0 Å². The van der Waals surface area contributed by atoms with Crippen molar-refractivity contribution in [3.8, 4) is 0 Å². The van der Waals surface area contributed by atoms with E-state index in [-0.39, 0.29) is 49.3 Å². The normalized spacial score (nSPS) is 20.0. The number of aryl methyl sites for hydroxylation is 1. The molecule has 1 aromatic heterocycles. The van der Waals surface area contributed by atoms with Gasteiger partial charge in [0.2, 0.25) is 0 Å². The predicted molar refractivity (Wildman–Crippen MR) is 82.3 cm³/mol. The highest BCUT2D eigenvalue weighted by molar-refractivity contribution is 5.75. The molecule has 142 valence electrons. The van der Waals surface area contributed by atoms with Crippen molar-refractivity contribution in [2.24, 2.45) is 0 Å². The van der Waals surface area contributed by atoms with Crippen molar-refractivity contribution in [2.45, 2.75) is 25.6 Å². The van der Waals surface area contributed by atoms with Crippen LogP contribution in [-0.2, 0) is 17.3 Å². The number of carbonyl (C=O) groups is 2. The Labute approximate surface area is 147 Å². The van der Waals surface area contributed by atoms with Crippen LogP contribution in [0.25, 0.3) is 0 Å². The third-order valence-corrected chi connectivity index (χ3v) is 4.22. The molecule has 0 saturated carbocycles. The SMILES string of the molecule is Cc1cc(C(F)(F)F)nc(CCNC(=O)N2CCN3C(=O)OCC3C2)n1. The quantitative estimate of drug-likeness (QED) is 0.860. The minimum Gasteiger partial charge on any atom is -0.447 e. The van der Waals surface area contributed by atoms with Crippen LogP contribution in [0.3, 0.4) is 0 Å². The number of ether oxygens (including phenoxy) is 1. The Morgan fingerprint density at radius 3 is 2.88 bits per heavy atom. The number of nitrogens with one attached hydrogen (secondary N) is 1. The molecule has 1 aromatic rings. The van der Waals surface area contributed by atoms with Gasteiger partial charge in [-0.1, -0.05) is 0 Å². The van der Waals surface area contributed by atoms with Gasteiger partial charge >= 0.3 is 18.3 Å². The van der Waals surface area contributed by atoms with Gasteiger partial charge in [0.05, 0.1) is 6.04 Å². The number of carbonyl (C=O) groups excluding carboxylic acids is 2. The van der Waals surface area contributed by atoms with E-state index in [1.54, 1.807) is 9.80 Å². The van der Waals surface area contributed by atoms with E-state index in [9.17, 15) is 22.8 Å². The fraction of sp³-hybridized carbons (Fsp3) is 0.600. The van der Waals surface area contributed by atoms with Gasteiger partial charge in [-0.2, -0.15) is 13.2 Å². The fourth-order valence-electron chi connectivity index (χ4n) is 2.95. The van der Waals surface area contributed by atoms with Gasteiger partial charge in [0.1, 0.15) is 18.1 Å². The third kappa shape index (κ3) is 3.97. The number of nitrogens with zero attached hydrogens (tertiary/aromatic N) is 4. The van der Waals surface area contributed by atoms with E-state index in [1.807, 2.05) is 0 Å². The number of hydrogen-bond acceptors (Lipinski definition) is 5. The summed E-state index contributed by atoms with van der Waals surface area (Å²) in [7, 11) is 0. The Balaban J connectivity index is 1.51. The van der Waals surface area contributed by atoms with E-state index in [1.165, 1.54) is 6.92 Å². The number of urea groups is 1. The number of rotatable bonds is 3. The lowest BCUT2D eigenvalue weighted by Crippen LogP contribution is -2.56. The van der Waals surface area contributed by atoms with Crippen LogP contribution in [0.5, 0.6) is 0 Å². The van der Waals surface area contributed by atoms with E-state index >= 15 is 0 Å². The third-order valence-electron chi connectivity index (χ3n) is 4.22. The lowest BCUT2D eigenvalue weighted by Gasteiger charge is -2.35. The first-order valence-corrected chi connectivity index (χ1v) is 8.12. The van der Waals surface area contributed by atoms with Crippen molar-refractivity contribution in [1.29, 1.82) is 0 Å². The van der Waals surface area contributed by atoms with E-state index in [2.05, 4.69) is 15.3 Å². The number of halogens is 3. The number of fused-ring (bicyclic) bond motifs is 1. The second kappa shape index (κ2) is 6.96. The number of amides is 3. The summed E-state index contributed by atoms with van der Waals surface area (Å²) in [4.78, 5) is 34.3. The molecule has 8 nitrogen and oxygen atoms in total. The lowest BCUT2D eigenvalue weighted by atomic mass is 10.2. The maximum Gasteiger partial charge on any atom is 0.433 e. The van der Waals surface area contributed by atoms with Gasteiger partial charge in [-0.25, -0.2) is 19.6 Å². The fourth-order valence-corrected chi connectivity index (χ4v) is 2.95. The average molecular weight is 373 g/mol. The maximum absolute atomic E-state index is 12.8. The Hall–Kier alpha value is -2.59. The number of piperazine rings is 1. The zero-order valence-electron chi connectivity index (χ0n) is 14.0. The molecule has 2 saturated heterocycles. The van der Waals surface area contributed by atoms with Gasteiger partial charge in [0.25, 0.3) is 0 Å². The molecule has 26 heavy (non-hydrogen) atoms. The predicted octanol–water partition coefficient (Wildman–Crippen LogP) is 1.19. The Bertz CT molecular complexity index is 712. The Kier molecular flexibility index (Phi) is 4.88. The standard InChI is InChI=1S/C15H18F3N5O3/c1-9-6-11(15(16,17)18)21-12(20-9)2-3-19-13(24)22-4-5-23-10(7-22)8-26-14(23)25/h6,10H,2-5,7-8H2,1H3,(H,19,24).